The Morgan fingerprint density at radius 2 is 1.16 bits per heavy atom. The second-order valence-corrected chi connectivity index (χ2v) is 13.9. The van der Waals surface area contributed by atoms with Crippen molar-refractivity contribution >= 4 is 98.0 Å². The van der Waals surface area contributed by atoms with Gasteiger partial charge in [0.1, 0.15) is 0 Å². The summed E-state index contributed by atoms with van der Waals surface area (Å²) >= 11 is 7.96. The largest absolute Gasteiger partial charge is 1.00 e. The molecule has 270 valence electrons. The van der Waals surface area contributed by atoms with Crippen LogP contribution in [0.15, 0.2) is 42.8 Å². The first-order valence-electron chi connectivity index (χ1n) is 14.3. The first kappa shape index (κ1) is 58.2. The van der Waals surface area contributed by atoms with Gasteiger partial charge < -0.3 is 31.1 Å². The van der Waals surface area contributed by atoms with E-state index in [0.717, 1.165) is 0 Å². The van der Waals surface area contributed by atoms with Crippen LogP contribution in [0.3, 0.4) is 0 Å². The van der Waals surface area contributed by atoms with Gasteiger partial charge in [-0.2, -0.15) is 12.6 Å². The van der Waals surface area contributed by atoms with Gasteiger partial charge in [-0.1, -0.05) is 27.7 Å². The minimum atomic E-state index is -0.859. The maximum absolute atomic E-state index is 12.6. The summed E-state index contributed by atoms with van der Waals surface area (Å²) in [5.74, 6) is -1.33. The molecule has 4 radical (unpaired) electrons. The van der Waals surface area contributed by atoms with Crippen LogP contribution in [0, 0.1) is 10.8 Å². The molecule has 2 N–H and O–H groups in total. The molecule has 0 fully saturated rings. The van der Waals surface area contributed by atoms with Crippen LogP contribution in [-0.4, -0.2) is 92.6 Å². The Morgan fingerprint density at radius 3 is 1.47 bits per heavy atom. The second-order valence-electron chi connectivity index (χ2n) is 11.5. The zero-order chi connectivity index (χ0) is 38.9. The number of hydrogen-bond acceptors (Lipinski definition) is 15. The first-order valence-corrected chi connectivity index (χ1v) is 16.7. The minimum absolute atomic E-state index is 0. The molecule has 2 rings (SSSR count). The molecule has 0 spiro atoms. The van der Waals surface area contributed by atoms with Crippen molar-refractivity contribution in [2.45, 2.75) is 68.2 Å². The van der Waals surface area contributed by atoms with Crippen LogP contribution in [-0.2, 0) is 47.8 Å². The van der Waals surface area contributed by atoms with Gasteiger partial charge in [-0.3, -0.25) is 33.6 Å². The van der Waals surface area contributed by atoms with Crippen molar-refractivity contribution in [3.8, 4) is 0 Å². The zero-order valence-corrected chi connectivity index (χ0v) is 40.1. The molecule has 0 aromatic heterocycles. The Hall–Kier alpha value is 0.513. The molecule has 0 saturated carbocycles. The Morgan fingerprint density at radius 1 is 0.804 bits per heavy atom. The third-order valence-corrected chi connectivity index (χ3v) is 9.23. The van der Waals surface area contributed by atoms with Crippen molar-refractivity contribution in [1.29, 1.82) is 0 Å². The Kier molecular flexibility index (Phi) is 32.9. The summed E-state index contributed by atoms with van der Waals surface area (Å²) < 4.78 is 8.59. The molecule has 0 saturated heterocycles. The van der Waals surface area contributed by atoms with E-state index in [2.05, 4.69) is 42.8 Å². The van der Waals surface area contributed by atoms with Crippen molar-refractivity contribution in [3.05, 3.63) is 42.8 Å². The van der Waals surface area contributed by atoms with Gasteiger partial charge in [-0.15, -0.1) is 11.8 Å². The quantitative estimate of drug-likeness (QED) is 0.0454. The van der Waals surface area contributed by atoms with Crippen LogP contribution >= 0.6 is 40.3 Å². The number of carbonyl (C=O) groups excluding carboxylic acids is 7. The normalized spacial score (nSPS) is 14.5. The minimum Gasteiger partial charge on any atom is -1.00 e. The Bertz CT molecular complexity index is 1430. The summed E-state index contributed by atoms with van der Waals surface area (Å²) in [6, 6.07) is 0. The van der Waals surface area contributed by atoms with E-state index >= 15 is 0 Å². The number of aliphatic hydroxyl groups excluding tert-OH is 2. The van der Waals surface area contributed by atoms with E-state index in [-0.39, 0.29) is 164 Å². The molecule has 0 aromatic rings. The van der Waals surface area contributed by atoms with Crippen molar-refractivity contribution in [3.63, 3.8) is 0 Å². The molecule has 20 heteroatoms. The Labute approximate surface area is 406 Å². The number of ketones is 4. The fourth-order valence-corrected chi connectivity index (χ4v) is 6.12. The first-order chi connectivity index (χ1) is 22.6. The summed E-state index contributed by atoms with van der Waals surface area (Å²) in [5.41, 5.74) is 0.336. The van der Waals surface area contributed by atoms with Crippen molar-refractivity contribution in [2.24, 2.45) is 10.8 Å². The molecular formula is C31H41B2BrK2O13S2. The summed E-state index contributed by atoms with van der Waals surface area (Å²) in [6.45, 7) is 13.1. The molecule has 0 amide bonds. The molecule has 13 nitrogen and oxygen atoms in total. The molecule has 0 heterocycles. The average molecular weight is 866 g/mol. The van der Waals surface area contributed by atoms with Crippen molar-refractivity contribution in [1.82, 2.24) is 0 Å². The average Bonchev–Trinajstić information content (AvgIpc) is 3.05. The van der Waals surface area contributed by atoms with Crippen LogP contribution < -0.4 is 108 Å². The summed E-state index contributed by atoms with van der Waals surface area (Å²) in [4.78, 5) is 83.9. The van der Waals surface area contributed by atoms with E-state index in [1.165, 1.54) is 11.8 Å². The predicted molar refractivity (Wildman–Crippen MR) is 189 cm³/mol. The number of thioether (sulfide) groups is 1. The predicted octanol–water partition coefficient (Wildman–Crippen LogP) is -3.87. The molecule has 0 bridgehead atoms. The maximum Gasteiger partial charge on any atom is 1.00 e. The van der Waals surface area contributed by atoms with Crippen LogP contribution in [0.5, 0.6) is 0 Å². The SMILES string of the molecule is O=CO[O-].OCCS.[B]OC(=O)CC(C)(C)C1=C(C)C(=O)C(Br)=C(C)C1=O.[B]OC(=O)CC(C)(C)C1=C(C)C(=O)C(SCCO)=C(C)C1=O.[H-].[K+].[K+]. The molecule has 51 heavy (non-hydrogen) atoms. The van der Waals surface area contributed by atoms with Gasteiger partial charge in [0.25, 0.3) is 18.4 Å². The summed E-state index contributed by atoms with van der Waals surface area (Å²) in [7, 11) is 9.68. The number of rotatable bonds is 11. The smallest absolute Gasteiger partial charge is 1.00 e. The molecule has 0 aromatic carbocycles. The van der Waals surface area contributed by atoms with Crippen molar-refractivity contribution < 1.29 is 167 Å². The van der Waals surface area contributed by atoms with Gasteiger partial charge in [-0.05, 0) is 43.6 Å². The van der Waals surface area contributed by atoms with Gasteiger partial charge >= 0.3 is 119 Å². The number of thiol groups is 1. The number of Topliss-reactive ketones (excluding diaryl/α,β-unsaturated/α-hetero) is 4. The monoisotopic (exact) mass is 864 g/mol. The van der Waals surface area contributed by atoms with E-state index in [1.807, 2.05) is 0 Å². The molecule has 2 aliphatic rings. The molecule has 0 aliphatic heterocycles. The van der Waals surface area contributed by atoms with E-state index in [0.29, 0.717) is 49.8 Å². The fraction of sp³-hybridized carbons (Fsp3) is 0.516. The molecule has 2 aliphatic carbocycles. The third-order valence-electron chi connectivity index (χ3n) is 6.91. The Balaban J connectivity index is -0.000000225. The molecule has 0 unspecified atom stereocenters. The van der Waals surface area contributed by atoms with Gasteiger partial charge in [0, 0.05) is 55.8 Å². The van der Waals surface area contributed by atoms with E-state index in [1.54, 1.807) is 55.4 Å². The van der Waals surface area contributed by atoms with Gasteiger partial charge in [-0.25, -0.2) is 0 Å². The topological polar surface area (TPSA) is 211 Å². The van der Waals surface area contributed by atoms with Gasteiger partial charge in [0.05, 0.1) is 35.4 Å². The summed E-state index contributed by atoms with van der Waals surface area (Å²) in [5, 5.41) is 25.1. The number of aliphatic hydroxyl groups is 2. The number of carbonyl (C=O) groups is 7. The number of hydrogen-bond donors (Lipinski definition) is 3. The van der Waals surface area contributed by atoms with Crippen molar-refractivity contribution in [2.75, 3.05) is 24.7 Å². The number of halogens is 1. The molecule has 0 atom stereocenters. The van der Waals surface area contributed by atoms with E-state index < -0.39 is 22.8 Å². The van der Waals surface area contributed by atoms with Crippen LogP contribution in [0.4, 0.5) is 0 Å². The van der Waals surface area contributed by atoms with E-state index in [4.69, 9.17) is 36.4 Å². The standard InChI is InChI=1S/C15H19BO5S.C13H14BBrO4.C2H6OS.CH2O3.2K.H/c1-8-11(15(3,4)7-10(18)21-16)12(19)9(2)14(13(8)20)22-6-5-17;1-6-9(13(3,4)5-8(16)19-14)11(17)7(2)10(15)12(6)18;3-1-2-4;2-1-4-3;;;/h17H,5-7H2,1-4H3;5H2,1-4H3;3-4H,1-2H2;1,3H;;;/q;;;;2*+1;-1/p-1. The zero-order valence-electron chi connectivity index (χ0n) is 31.6. The number of allylic oxidation sites excluding steroid dienone is 8. The van der Waals surface area contributed by atoms with Gasteiger partial charge in [0.15, 0.2) is 23.1 Å². The maximum atomic E-state index is 12.6. The van der Waals surface area contributed by atoms with Gasteiger partial charge in [0.2, 0.25) is 0 Å². The van der Waals surface area contributed by atoms with Crippen LogP contribution in [0.2, 0.25) is 0 Å². The van der Waals surface area contributed by atoms with E-state index in [9.17, 15) is 28.8 Å². The van der Waals surface area contributed by atoms with Crippen LogP contribution in [0.25, 0.3) is 0 Å². The summed E-state index contributed by atoms with van der Waals surface area (Å²) in [6.07, 6.45) is -0.165. The third kappa shape index (κ3) is 18.3. The van der Waals surface area contributed by atoms with Crippen LogP contribution in [0.1, 0.15) is 69.7 Å². The fourth-order valence-electron chi connectivity index (χ4n) is 4.75. The molecular weight excluding hydrogens is 824 g/mol. The second kappa shape index (κ2) is 28.9.